The fourth-order valence-electron chi connectivity index (χ4n) is 1.72. The maximum Gasteiger partial charge on any atom is 0.123 e. The van der Waals surface area contributed by atoms with Crippen LogP contribution in [0.3, 0.4) is 0 Å². The van der Waals surface area contributed by atoms with Gasteiger partial charge in [0.15, 0.2) is 0 Å². The monoisotopic (exact) mass is 279 g/mol. The molecule has 0 spiro atoms. The van der Waals surface area contributed by atoms with Crippen molar-refractivity contribution in [2.24, 2.45) is 0 Å². The molecule has 0 aliphatic carbocycles. The number of hydrogen-bond donors (Lipinski definition) is 1. The molecule has 2 rings (SSSR count). The summed E-state index contributed by atoms with van der Waals surface area (Å²) in [6.45, 7) is 6.34. The summed E-state index contributed by atoms with van der Waals surface area (Å²) in [5, 5.41) is 13.1. The Morgan fingerprint density at radius 2 is 1.89 bits per heavy atom. The van der Waals surface area contributed by atoms with Crippen LogP contribution >= 0.6 is 11.3 Å². The summed E-state index contributed by atoms with van der Waals surface area (Å²) >= 11 is 1.56. The third-order valence-corrected chi connectivity index (χ3v) is 3.81. The molecule has 1 aromatic carbocycles. The van der Waals surface area contributed by atoms with Gasteiger partial charge in [0.2, 0.25) is 0 Å². The lowest BCUT2D eigenvalue weighted by atomic mass is 9.93. The summed E-state index contributed by atoms with van der Waals surface area (Å²) < 4.78 is 12.8. The lowest BCUT2D eigenvalue weighted by Gasteiger charge is -2.14. The Kier molecular flexibility index (Phi) is 4.02. The zero-order valence-corrected chi connectivity index (χ0v) is 12.2. The molecule has 0 fully saturated rings. The van der Waals surface area contributed by atoms with Crippen molar-refractivity contribution >= 4 is 11.3 Å². The molecule has 102 valence electrons. The van der Waals surface area contributed by atoms with Crippen molar-refractivity contribution in [2.75, 3.05) is 0 Å². The van der Waals surface area contributed by atoms with Gasteiger partial charge in [-0.05, 0) is 17.7 Å². The Labute approximate surface area is 116 Å². The Morgan fingerprint density at radius 3 is 2.42 bits per heavy atom. The second kappa shape index (κ2) is 5.39. The molecular weight excluding hydrogens is 261 g/mol. The number of rotatable bonds is 3. The number of aliphatic hydroxyl groups excluding tert-OH is 1. The van der Waals surface area contributed by atoms with Crippen LogP contribution in [0, 0.1) is 5.82 Å². The van der Waals surface area contributed by atoms with Crippen molar-refractivity contribution in [1.82, 2.24) is 4.98 Å². The van der Waals surface area contributed by atoms with Crippen LogP contribution in [-0.2, 0) is 11.8 Å². The molecule has 1 heterocycles. The van der Waals surface area contributed by atoms with E-state index < -0.39 is 6.10 Å². The third-order valence-electron chi connectivity index (χ3n) is 2.94. The number of thiazole rings is 1. The lowest BCUT2D eigenvalue weighted by molar-refractivity contribution is 0.178. The Balaban J connectivity index is 2.08. The number of aromatic nitrogens is 1. The van der Waals surface area contributed by atoms with Crippen LogP contribution < -0.4 is 0 Å². The first-order chi connectivity index (χ1) is 8.86. The van der Waals surface area contributed by atoms with E-state index >= 15 is 0 Å². The zero-order valence-electron chi connectivity index (χ0n) is 11.4. The summed E-state index contributed by atoms with van der Waals surface area (Å²) in [5.41, 5.74) is 1.78. The van der Waals surface area contributed by atoms with Gasteiger partial charge in [0.05, 0.1) is 16.8 Å². The third kappa shape index (κ3) is 3.61. The number of hydrogen-bond acceptors (Lipinski definition) is 3. The van der Waals surface area contributed by atoms with Crippen molar-refractivity contribution in [3.8, 4) is 0 Å². The van der Waals surface area contributed by atoms with E-state index in [0.29, 0.717) is 12.0 Å². The first kappa shape index (κ1) is 14.2. The lowest BCUT2D eigenvalue weighted by Crippen LogP contribution is -2.12. The van der Waals surface area contributed by atoms with E-state index in [1.807, 2.05) is 5.38 Å². The maximum absolute atomic E-state index is 12.8. The van der Waals surface area contributed by atoms with Crippen LogP contribution in [0.25, 0.3) is 0 Å². The second-order valence-corrected chi connectivity index (χ2v) is 6.59. The zero-order chi connectivity index (χ0) is 14.0. The maximum atomic E-state index is 12.8. The van der Waals surface area contributed by atoms with Crippen LogP contribution in [-0.4, -0.2) is 10.1 Å². The van der Waals surface area contributed by atoms with Crippen LogP contribution in [0.1, 0.15) is 43.1 Å². The highest BCUT2D eigenvalue weighted by Crippen LogP contribution is 2.26. The molecule has 1 atom stereocenters. The molecular formula is C15H18FNOS. The number of benzene rings is 1. The summed E-state index contributed by atoms with van der Waals surface area (Å²) in [6.07, 6.45) is -0.175. The van der Waals surface area contributed by atoms with Gasteiger partial charge in [0.25, 0.3) is 0 Å². The van der Waals surface area contributed by atoms with Crippen molar-refractivity contribution in [2.45, 2.75) is 38.7 Å². The van der Waals surface area contributed by atoms with Gasteiger partial charge < -0.3 is 5.11 Å². The molecule has 2 nitrogen and oxygen atoms in total. The van der Waals surface area contributed by atoms with Gasteiger partial charge in [-0.15, -0.1) is 11.3 Å². The number of halogens is 1. The molecule has 1 N–H and O–H groups in total. The topological polar surface area (TPSA) is 33.1 Å². The SMILES string of the molecule is CC(C)(C)c1csc(CC(O)c2ccc(F)cc2)n1. The Hall–Kier alpha value is -1.26. The smallest absolute Gasteiger partial charge is 0.123 e. The molecule has 0 bridgehead atoms. The largest absolute Gasteiger partial charge is 0.388 e. The Bertz CT molecular complexity index is 542. The highest BCUT2D eigenvalue weighted by Gasteiger charge is 2.18. The minimum absolute atomic E-state index is 0.0234. The van der Waals surface area contributed by atoms with Crippen LogP contribution in [0.4, 0.5) is 4.39 Å². The highest BCUT2D eigenvalue weighted by molar-refractivity contribution is 7.09. The molecule has 0 saturated carbocycles. The Morgan fingerprint density at radius 1 is 1.26 bits per heavy atom. The number of aliphatic hydroxyl groups is 1. The summed E-state index contributed by atoms with van der Waals surface area (Å²) in [5.74, 6) is -0.291. The predicted molar refractivity (Wildman–Crippen MR) is 75.9 cm³/mol. The van der Waals surface area contributed by atoms with Gasteiger partial charge in [0, 0.05) is 17.2 Å². The van der Waals surface area contributed by atoms with E-state index in [1.54, 1.807) is 23.5 Å². The quantitative estimate of drug-likeness (QED) is 0.925. The first-order valence-electron chi connectivity index (χ1n) is 6.24. The van der Waals surface area contributed by atoms with Crippen molar-refractivity contribution < 1.29 is 9.50 Å². The molecule has 0 amide bonds. The average Bonchev–Trinajstić information content (AvgIpc) is 2.78. The minimum atomic E-state index is -0.639. The fourth-order valence-corrected chi connectivity index (χ4v) is 2.78. The molecule has 0 radical (unpaired) electrons. The van der Waals surface area contributed by atoms with Gasteiger partial charge in [-0.25, -0.2) is 9.37 Å². The molecule has 1 unspecified atom stereocenters. The molecule has 0 saturated heterocycles. The van der Waals surface area contributed by atoms with Crippen molar-refractivity contribution in [3.05, 3.63) is 51.7 Å². The summed E-state index contributed by atoms with van der Waals surface area (Å²) in [7, 11) is 0. The van der Waals surface area contributed by atoms with Crippen LogP contribution in [0.2, 0.25) is 0 Å². The molecule has 4 heteroatoms. The first-order valence-corrected chi connectivity index (χ1v) is 7.12. The van der Waals surface area contributed by atoms with Gasteiger partial charge >= 0.3 is 0 Å². The van der Waals surface area contributed by atoms with Crippen LogP contribution in [0.5, 0.6) is 0 Å². The fraction of sp³-hybridized carbons (Fsp3) is 0.400. The molecule has 0 aliphatic rings. The van der Waals surface area contributed by atoms with E-state index in [9.17, 15) is 9.50 Å². The highest BCUT2D eigenvalue weighted by atomic mass is 32.1. The van der Waals surface area contributed by atoms with Gasteiger partial charge in [-0.2, -0.15) is 0 Å². The van der Waals surface area contributed by atoms with Crippen LogP contribution in [0.15, 0.2) is 29.6 Å². The van der Waals surface area contributed by atoms with E-state index in [2.05, 4.69) is 25.8 Å². The average molecular weight is 279 g/mol. The molecule has 2 aromatic rings. The second-order valence-electron chi connectivity index (χ2n) is 5.65. The van der Waals surface area contributed by atoms with Gasteiger partial charge in [-0.3, -0.25) is 0 Å². The van der Waals surface area contributed by atoms with Crippen molar-refractivity contribution in [3.63, 3.8) is 0 Å². The van der Waals surface area contributed by atoms with E-state index in [4.69, 9.17) is 0 Å². The summed E-state index contributed by atoms with van der Waals surface area (Å²) in [6, 6.07) is 5.94. The minimum Gasteiger partial charge on any atom is -0.388 e. The molecule has 19 heavy (non-hydrogen) atoms. The normalized spacial score (nSPS) is 13.5. The van der Waals surface area contributed by atoms with E-state index in [0.717, 1.165) is 10.7 Å². The van der Waals surface area contributed by atoms with Gasteiger partial charge in [-0.1, -0.05) is 32.9 Å². The van der Waals surface area contributed by atoms with Crippen molar-refractivity contribution in [1.29, 1.82) is 0 Å². The van der Waals surface area contributed by atoms with E-state index in [1.165, 1.54) is 12.1 Å². The van der Waals surface area contributed by atoms with Gasteiger partial charge in [0.1, 0.15) is 5.82 Å². The summed E-state index contributed by atoms with van der Waals surface area (Å²) in [4.78, 5) is 4.55. The molecule has 1 aromatic heterocycles. The standard InChI is InChI=1S/C15H18FNOS/c1-15(2,3)13-9-19-14(17-13)8-12(18)10-4-6-11(16)7-5-10/h4-7,9,12,18H,8H2,1-3H3. The predicted octanol–water partition coefficient (Wildman–Crippen LogP) is 3.86. The molecule has 0 aliphatic heterocycles. The number of nitrogens with zero attached hydrogens (tertiary/aromatic N) is 1. The van der Waals surface area contributed by atoms with E-state index in [-0.39, 0.29) is 11.2 Å².